The van der Waals surface area contributed by atoms with E-state index in [9.17, 15) is 4.79 Å². The van der Waals surface area contributed by atoms with Crippen molar-refractivity contribution in [2.45, 2.75) is 51.9 Å². The van der Waals surface area contributed by atoms with Crippen molar-refractivity contribution in [3.8, 4) is 0 Å². The Morgan fingerprint density at radius 3 is 2.50 bits per heavy atom. The van der Waals surface area contributed by atoms with Gasteiger partial charge in [-0.3, -0.25) is 4.79 Å². The van der Waals surface area contributed by atoms with Gasteiger partial charge in [0.15, 0.2) is 0 Å². The molecule has 0 heterocycles. The number of amides is 1. The maximum absolute atomic E-state index is 13.3. The topological polar surface area (TPSA) is 46.3 Å². The number of nitrogens with zero attached hydrogens (tertiary/aromatic N) is 1. The van der Waals surface area contributed by atoms with Gasteiger partial charge in [-0.25, -0.2) is 0 Å². The molecular formula is C19H30N2O. The van der Waals surface area contributed by atoms with E-state index in [2.05, 4.69) is 45.0 Å². The lowest BCUT2D eigenvalue weighted by atomic mass is 9.76. The third-order valence-corrected chi connectivity index (χ3v) is 5.00. The first-order valence-electron chi connectivity index (χ1n) is 8.34. The lowest BCUT2D eigenvalue weighted by Crippen LogP contribution is -2.48. The van der Waals surface area contributed by atoms with E-state index in [1.807, 2.05) is 11.9 Å². The predicted octanol–water partition coefficient (Wildman–Crippen LogP) is 3.25. The molecule has 1 aliphatic rings. The fraction of sp³-hybridized carbons (Fsp3) is 0.632. The summed E-state index contributed by atoms with van der Waals surface area (Å²) in [4.78, 5) is 15.2. The highest BCUT2D eigenvalue weighted by atomic mass is 16.2. The van der Waals surface area contributed by atoms with Gasteiger partial charge in [-0.15, -0.1) is 0 Å². The van der Waals surface area contributed by atoms with Crippen molar-refractivity contribution >= 4 is 5.91 Å². The molecule has 22 heavy (non-hydrogen) atoms. The SMILES string of the molecule is Cc1cccc(C2(C(=O)N(C)CC(C)(C)CN)CCCC2)c1. The van der Waals surface area contributed by atoms with Crippen molar-refractivity contribution in [3.05, 3.63) is 35.4 Å². The highest BCUT2D eigenvalue weighted by Gasteiger charge is 2.44. The molecule has 1 aromatic rings. The minimum absolute atomic E-state index is 0.0448. The fourth-order valence-electron chi connectivity index (χ4n) is 3.69. The largest absolute Gasteiger partial charge is 0.344 e. The Balaban J connectivity index is 2.30. The molecule has 0 radical (unpaired) electrons. The quantitative estimate of drug-likeness (QED) is 0.907. The van der Waals surface area contributed by atoms with Crippen LogP contribution in [0.5, 0.6) is 0 Å². The molecule has 0 aromatic heterocycles. The van der Waals surface area contributed by atoms with Gasteiger partial charge in [0.2, 0.25) is 5.91 Å². The normalized spacial score (nSPS) is 17.5. The number of hydrogen-bond acceptors (Lipinski definition) is 2. The smallest absolute Gasteiger partial charge is 0.232 e. The van der Waals surface area contributed by atoms with Crippen LogP contribution in [0.15, 0.2) is 24.3 Å². The van der Waals surface area contributed by atoms with Crippen LogP contribution in [-0.2, 0) is 10.2 Å². The summed E-state index contributed by atoms with van der Waals surface area (Å²) in [5, 5.41) is 0. The first kappa shape index (κ1) is 17.0. The maximum atomic E-state index is 13.3. The molecule has 3 nitrogen and oxygen atoms in total. The van der Waals surface area contributed by atoms with Crippen LogP contribution >= 0.6 is 0 Å². The van der Waals surface area contributed by atoms with Gasteiger partial charge in [0, 0.05) is 13.6 Å². The summed E-state index contributed by atoms with van der Waals surface area (Å²) in [7, 11) is 1.93. The monoisotopic (exact) mass is 302 g/mol. The van der Waals surface area contributed by atoms with E-state index < -0.39 is 0 Å². The van der Waals surface area contributed by atoms with E-state index in [0.717, 1.165) is 25.7 Å². The summed E-state index contributed by atoms with van der Waals surface area (Å²) in [5.74, 6) is 0.261. The fourth-order valence-corrected chi connectivity index (χ4v) is 3.69. The van der Waals surface area contributed by atoms with Gasteiger partial charge in [0.25, 0.3) is 0 Å². The van der Waals surface area contributed by atoms with Gasteiger partial charge < -0.3 is 10.6 Å². The molecule has 1 saturated carbocycles. The predicted molar refractivity (Wildman–Crippen MR) is 91.8 cm³/mol. The molecule has 0 aliphatic heterocycles. The molecule has 0 unspecified atom stereocenters. The number of carbonyl (C=O) groups excluding carboxylic acids is 1. The Morgan fingerprint density at radius 2 is 1.95 bits per heavy atom. The zero-order valence-electron chi connectivity index (χ0n) is 14.5. The summed E-state index contributed by atoms with van der Waals surface area (Å²) in [6, 6.07) is 8.48. The van der Waals surface area contributed by atoms with Crippen molar-refractivity contribution < 1.29 is 4.79 Å². The standard InChI is InChI=1S/C19H30N2O/c1-15-8-7-9-16(12-15)19(10-5-6-11-19)17(22)21(4)14-18(2,3)13-20/h7-9,12H,5-6,10-11,13-14,20H2,1-4H3. The minimum atomic E-state index is -0.328. The second-order valence-electron chi connectivity index (χ2n) is 7.69. The second kappa shape index (κ2) is 6.41. The second-order valence-corrected chi connectivity index (χ2v) is 7.69. The van der Waals surface area contributed by atoms with Crippen molar-refractivity contribution in [1.82, 2.24) is 4.90 Å². The molecule has 0 bridgehead atoms. The molecule has 2 rings (SSSR count). The van der Waals surface area contributed by atoms with E-state index in [4.69, 9.17) is 5.73 Å². The third kappa shape index (κ3) is 3.35. The van der Waals surface area contributed by atoms with Gasteiger partial charge in [-0.05, 0) is 37.3 Å². The van der Waals surface area contributed by atoms with Crippen molar-refractivity contribution in [1.29, 1.82) is 0 Å². The molecule has 2 N–H and O–H groups in total. The molecule has 0 spiro atoms. The van der Waals surface area contributed by atoms with Crippen molar-refractivity contribution in [2.24, 2.45) is 11.1 Å². The van der Waals surface area contributed by atoms with Gasteiger partial charge in [0.1, 0.15) is 0 Å². The summed E-state index contributed by atoms with van der Waals surface area (Å²) >= 11 is 0. The molecule has 1 amide bonds. The van der Waals surface area contributed by atoms with Crippen molar-refractivity contribution in [2.75, 3.05) is 20.1 Å². The van der Waals surface area contributed by atoms with Gasteiger partial charge in [0.05, 0.1) is 5.41 Å². The van der Waals surface area contributed by atoms with E-state index >= 15 is 0 Å². The average Bonchev–Trinajstić information content (AvgIpc) is 2.96. The zero-order chi connectivity index (χ0) is 16.4. The van der Waals surface area contributed by atoms with E-state index in [-0.39, 0.29) is 16.7 Å². The average molecular weight is 302 g/mol. The Morgan fingerprint density at radius 1 is 1.32 bits per heavy atom. The first-order chi connectivity index (χ1) is 10.3. The Bertz CT molecular complexity index is 530. The zero-order valence-corrected chi connectivity index (χ0v) is 14.5. The molecule has 1 aromatic carbocycles. The molecular weight excluding hydrogens is 272 g/mol. The number of benzene rings is 1. The van der Waals surface area contributed by atoms with E-state index in [0.29, 0.717) is 13.1 Å². The number of nitrogens with two attached hydrogens (primary N) is 1. The van der Waals surface area contributed by atoms with Crippen LogP contribution in [0, 0.1) is 12.3 Å². The summed E-state index contributed by atoms with van der Waals surface area (Å²) in [5.41, 5.74) is 7.87. The Labute approximate surface area is 134 Å². The minimum Gasteiger partial charge on any atom is -0.344 e. The summed E-state index contributed by atoms with van der Waals surface area (Å²) in [6.07, 6.45) is 4.19. The molecule has 3 heteroatoms. The summed E-state index contributed by atoms with van der Waals surface area (Å²) < 4.78 is 0. The van der Waals surface area contributed by atoms with Crippen LogP contribution in [0.2, 0.25) is 0 Å². The third-order valence-electron chi connectivity index (χ3n) is 5.00. The van der Waals surface area contributed by atoms with Crippen LogP contribution < -0.4 is 5.73 Å². The first-order valence-corrected chi connectivity index (χ1v) is 8.34. The molecule has 0 saturated heterocycles. The van der Waals surface area contributed by atoms with Gasteiger partial charge in [-0.2, -0.15) is 0 Å². The van der Waals surface area contributed by atoms with Crippen LogP contribution in [0.1, 0.15) is 50.7 Å². The number of rotatable bonds is 5. The molecule has 1 fully saturated rings. The number of carbonyl (C=O) groups is 1. The number of aryl methyl sites for hydroxylation is 1. The van der Waals surface area contributed by atoms with Crippen LogP contribution in [0.25, 0.3) is 0 Å². The van der Waals surface area contributed by atoms with E-state index in [1.54, 1.807) is 0 Å². The van der Waals surface area contributed by atoms with Crippen LogP contribution in [0.3, 0.4) is 0 Å². The van der Waals surface area contributed by atoms with Crippen LogP contribution in [-0.4, -0.2) is 30.9 Å². The maximum Gasteiger partial charge on any atom is 0.232 e. The molecule has 0 atom stereocenters. The van der Waals surface area contributed by atoms with E-state index in [1.165, 1.54) is 11.1 Å². The van der Waals surface area contributed by atoms with Crippen LogP contribution in [0.4, 0.5) is 0 Å². The highest BCUT2D eigenvalue weighted by molar-refractivity contribution is 5.88. The molecule has 1 aliphatic carbocycles. The highest BCUT2D eigenvalue weighted by Crippen LogP contribution is 2.43. The molecule has 122 valence electrons. The van der Waals surface area contributed by atoms with Gasteiger partial charge in [-0.1, -0.05) is 56.5 Å². The lowest BCUT2D eigenvalue weighted by molar-refractivity contribution is -0.137. The summed E-state index contributed by atoms with van der Waals surface area (Å²) in [6.45, 7) is 7.62. The Hall–Kier alpha value is -1.35. The Kier molecular flexibility index (Phi) is 4.96. The van der Waals surface area contributed by atoms with Gasteiger partial charge >= 0.3 is 0 Å². The number of hydrogen-bond donors (Lipinski definition) is 1. The number of likely N-dealkylation sites (N-methyl/N-ethyl adjacent to an activating group) is 1. The lowest BCUT2D eigenvalue weighted by Gasteiger charge is -2.36. The van der Waals surface area contributed by atoms with Crippen molar-refractivity contribution in [3.63, 3.8) is 0 Å².